The summed E-state index contributed by atoms with van der Waals surface area (Å²) in [6.45, 7) is 2.19. The molecule has 1 aliphatic heterocycles. The molecule has 0 bridgehead atoms. The molecule has 0 aliphatic carbocycles. The summed E-state index contributed by atoms with van der Waals surface area (Å²) >= 11 is 0. The Kier molecular flexibility index (Phi) is 4.67. The molecule has 1 N–H and O–H groups in total. The number of amides is 1. The van der Waals surface area contributed by atoms with E-state index in [9.17, 15) is 13.2 Å². The van der Waals surface area contributed by atoms with Crippen LogP contribution in [0.15, 0.2) is 48.5 Å². The number of benzene rings is 2. The van der Waals surface area contributed by atoms with Crippen molar-refractivity contribution in [3.63, 3.8) is 0 Å². The molecule has 3 rings (SSSR count). The van der Waals surface area contributed by atoms with Crippen molar-refractivity contribution in [1.29, 1.82) is 0 Å². The number of aryl methyl sites for hydroxylation is 1. The highest BCUT2D eigenvalue weighted by atomic mass is 32.2. The minimum absolute atomic E-state index is 0.0457. The summed E-state index contributed by atoms with van der Waals surface area (Å²) in [7, 11) is -3.52. The fourth-order valence-electron chi connectivity index (χ4n) is 2.71. The molecule has 0 spiro atoms. The minimum atomic E-state index is -3.52. The van der Waals surface area contributed by atoms with Crippen LogP contribution in [-0.2, 0) is 21.4 Å². The molecule has 1 atom stereocenters. The van der Waals surface area contributed by atoms with E-state index in [4.69, 9.17) is 4.74 Å². The third-order valence-corrected chi connectivity index (χ3v) is 5.13. The lowest BCUT2D eigenvalue weighted by atomic mass is 10.1. The van der Waals surface area contributed by atoms with E-state index in [2.05, 4.69) is 5.32 Å². The number of anilines is 1. The summed E-state index contributed by atoms with van der Waals surface area (Å²) in [5.74, 6) is 0.0471. The third-order valence-electron chi connectivity index (χ3n) is 3.99. The summed E-state index contributed by atoms with van der Waals surface area (Å²) in [5, 5.41) is 2.80. The number of fused-ring (bicyclic) bond motifs is 1. The summed E-state index contributed by atoms with van der Waals surface area (Å²) in [4.78, 5) is 12.5. The van der Waals surface area contributed by atoms with Gasteiger partial charge in [-0.05, 0) is 30.2 Å². The number of hydrogen-bond donors (Lipinski definition) is 1. The van der Waals surface area contributed by atoms with E-state index in [1.165, 1.54) is 4.31 Å². The molecule has 2 aromatic carbocycles. The molecule has 2 aromatic rings. The summed E-state index contributed by atoms with van der Waals surface area (Å²) in [6, 6.07) is 14.8. The van der Waals surface area contributed by atoms with Crippen molar-refractivity contribution >= 4 is 21.6 Å². The molecule has 0 fully saturated rings. The molecule has 25 heavy (non-hydrogen) atoms. The number of sulfonamides is 1. The van der Waals surface area contributed by atoms with E-state index in [0.29, 0.717) is 18.0 Å². The number of rotatable bonds is 4. The zero-order chi connectivity index (χ0) is 18.0. The topological polar surface area (TPSA) is 75.7 Å². The maximum atomic E-state index is 12.5. The highest BCUT2D eigenvalue weighted by Gasteiger charge is 2.34. The normalized spacial score (nSPS) is 16.7. The lowest BCUT2D eigenvalue weighted by Crippen LogP contribution is -2.50. The number of carbonyl (C=O) groups excluding carboxylic acids is 1. The first-order chi connectivity index (χ1) is 11.8. The van der Waals surface area contributed by atoms with Crippen LogP contribution in [0.2, 0.25) is 0 Å². The zero-order valence-electron chi connectivity index (χ0n) is 14.1. The first-order valence-corrected chi connectivity index (χ1v) is 9.76. The van der Waals surface area contributed by atoms with E-state index in [-0.39, 0.29) is 12.5 Å². The van der Waals surface area contributed by atoms with Gasteiger partial charge in [0.1, 0.15) is 5.75 Å². The molecule has 1 amide bonds. The van der Waals surface area contributed by atoms with Crippen LogP contribution in [0.5, 0.6) is 5.75 Å². The Bertz CT molecular complexity index is 881. The van der Waals surface area contributed by atoms with Crippen molar-refractivity contribution < 1.29 is 17.9 Å². The monoisotopic (exact) mass is 360 g/mol. The Balaban J connectivity index is 1.79. The molecule has 1 heterocycles. The van der Waals surface area contributed by atoms with E-state index in [0.717, 1.165) is 17.4 Å². The number of hydrogen-bond acceptors (Lipinski definition) is 4. The Hall–Kier alpha value is -2.54. The molecule has 1 aliphatic rings. The number of carbonyl (C=O) groups is 1. The van der Waals surface area contributed by atoms with Gasteiger partial charge < -0.3 is 10.1 Å². The SMILES string of the molecule is Cc1ccc2c(c1)N(S(C)(=O)=O)C[C@H](C(=O)NCc1ccccc1)O2. The lowest BCUT2D eigenvalue weighted by Gasteiger charge is -2.34. The Morgan fingerprint density at radius 2 is 1.96 bits per heavy atom. The van der Waals surface area contributed by atoms with Crippen molar-refractivity contribution in [2.75, 3.05) is 17.1 Å². The van der Waals surface area contributed by atoms with Gasteiger partial charge in [-0.25, -0.2) is 8.42 Å². The highest BCUT2D eigenvalue weighted by Crippen LogP contribution is 2.35. The smallest absolute Gasteiger partial charge is 0.263 e. The second-order valence-corrected chi connectivity index (χ2v) is 7.98. The van der Waals surface area contributed by atoms with Gasteiger partial charge in [-0.3, -0.25) is 9.10 Å². The second kappa shape index (κ2) is 6.76. The van der Waals surface area contributed by atoms with Crippen LogP contribution in [0.25, 0.3) is 0 Å². The second-order valence-electron chi connectivity index (χ2n) is 6.08. The number of ether oxygens (including phenoxy) is 1. The Morgan fingerprint density at radius 1 is 1.24 bits per heavy atom. The van der Waals surface area contributed by atoms with Gasteiger partial charge in [-0.15, -0.1) is 0 Å². The lowest BCUT2D eigenvalue weighted by molar-refractivity contribution is -0.127. The van der Waals surface area contributed by atoms with Crippen LogP contribution in [0.1, 0.15) is 11.1 Å². The van der Waals surface area contributed by atoms with Gasteiger partial charge in [0.15, 0.2) is 6.10 Å². The van der Waals surface area contributed by atoms with Gasteiger partial charge in [0.2, 0.25) is 10.0 Å². The molecule has 7 heteroatoms. The Morgan fingerprint density at radius 3 is 2.64 bits per heavy atom. The van der Waals surface area contributed by atoms with Crippen LogP contribution in [-0.4, -0.2) is 33.2 Å². The molecular formula is C18H20N2O4S. The van der Waals surface area contributed by atoms with E-state index >= 15 is 0 Å². The summed E-state index contributed by atoms with van der Waals surface area (Å²) in [5.41, 5.74) is 2.35. The van der Waals surface area contributed by atoms with Crippen LogP contribution in [0, 0.1) is 6.92 Å². The minimum Gasteiger partial charge on any atom is -0.476 e. The van der Waals surface area contributed by atoms with Crippen LogP contribution < -0.4 is 14.4 Å². The Labute approximate surface area is 147 Å². The van der Waals surface area contributed by atoms with Crippen molar-refractivity contribution in [2.24, 2.45) is 0 Å². The fraction of sp³-hybridized carbons (Fsp3) is 0.278. The third kappa shape index (κ3) is 3.93. The van der Waals surface area contributed by atoms with Crippen molar-refractivity contribution in [3.05, 3.63) is 59.7 Å². The van der Waals surface area contributed by atoms with Crippen LogP contribution >= 0.6 is 0 Å². The van der Waals surface area contributed by atoms with Gasteiger partial charge >= 0.3 is 0 Å². The molecule has 0 saturated heterocycles. The first kappa shape index (κ1) is 17.3. The molecule has 132 valence electrons. The first-order valence-electron chi connectivity index (χ1n) is 7.91. The maximum Gasteiger partial charge on any atom is 0.263 e. The summed E-state index contributed by atoms with van der Waals surface area (Å²) < 4.78 is 31.3. The van der Waals surface area contributed by atoms with Gasteiger partial charge in [-0.1, -0.05) is 36.4 Å². The van der Waals surface area contributed by atoms with Gasteiger partial charge in [0, 0.05) is 6.54 Å². The summed E-state index contributed by atoms with van der Waals surface area (Å²) in [6.07, 6.45) is 0.234. The molecule has 6 nitrogen and oxygen atoms in total. The van der Waals surface area contributed by atoms with Gasteiger partial charge in [0.25, 0.3) is 5.91 Å². The standard InChI is InChI=1S/C18H20N2O4S/c1-13-8-9-16-15(10-13)20(25(2,22)23)12-17(24-16)18(21)19-11-14-6-4-3-5-7-14/h3-10,17H,11-12H2,1-2H3,(H,19,21)/t17-/m1/s1. The van der Waals surface area contributed by atoms with Crippen LogP contribution in [0.4, 0.5) is 5.69 Å². The van der Waals surface area contributed by atoms with E-state index in [1.54, 1.807) is 12.1 Å². The van der Waals surface area contributed by atoms with Crippen molar-refractivity contribution in [2.45, 2.75) is 19.6 Å². The number of nitrogens with one attached hydrogen (secondary N) is 1. The molecular weight excluding hydrogens is 340 g/mol. The van der Waals surface area contributed by atoms with Crippen molar-refractivity contribution in [3.8, 4) is 5.75 Å². The predicted molar refractivity (Wildman–Crippen MR) is 96.1 cm³/mol. The molecule has 0 radical (unpaired) electrons. The average Bonchev–Trinajstić information content (AvgIpc) is 2.58. The molecule has 0 saturated carbocycles. The molecule has 0 unspecified atom stereocenters. The largest absolute Gasteiger partial charge is 0.476 e. The van der Waals surface area contributed by atoms with Crippen molar-refractivity contribution in [1.82, 2.24) is 5.32 Å². The maximum absolute atomic E-state index is 12.5. The van der Waals surface area contributed by atoms with Gasteiger partial charge in [-0.2, -0.15) is 0 Å². The highest BCUT2D eigenvalue weighted by molar-refractivity contribution is 7.92. The fourth-order valence-corrected chi connectivity index (χ4v) is 3.62. The van der Waals surface area contributed by atoms with E-state index < -0.39 is 16.1 Å². The van der Waals surface area contributed by atoms with Gasteiger partial charge in [0.05, 0.1) is 18.5 Å². The van der Waals surface area contributed by atoms with E-state index in [1.807, 2.05) is 43.3 Å². The van der Waals surface area contributed by atoms with Crippen LogP contribution in [0.3, 0.4) is 0 Å². The zero-order valence-corrected chi connectivity index (χ0v) is 14.9. The predicted octanol–water partition coefficient (Wildman–Crippen LogP) is 1.84. The average molecular weight is 360 g/mol. The molecule has 0 aromatic heterocycles. The number of nitrogens with zero attached hydrogens (tertiary/aromatic N) is 1. The quantitative estimate of drug-likeness (QED) is 0.903.